The Kier molecular flexibility index (Phi) is 5.28. The second-order valence-corrected chi connectivity index (χ2v) is 5.47. The van der Waals surface area contributed by atoms with Crippen LogP contribution in [0.1, 0.15) is 52.1 Å². The number of ether oxygens (including phenoxy) is 1. The highest BCUT2D eigenvalue weighted by Crippen LogP contribution is 2.25. The van der Waals surface area contributed by atoms with Gasteiger partial charge < -0.3 is 19.2 Å². The molecule has 1 amide bonds. The predicted octanol–water partition coefficient (Wildman–Crippen LogP) is 3.38. The number of carbonyl (C=O) groups is 2. The van der Waals surface area contributed by atoms with Crippen molar-refractivity contribution in [3.05, 3.63) is 53.0 Å². The van der Waals surface area contributed by atoms with Gasteiger partial charge in [-0.2, -0.15) is 0 Å². The van der Waals surface area contributed by atoms with Crippen LogP contribution in [0.3, 0.4) is 0 Å². The van der Waals surface area contributed by atoms with E-state index in [9.17, 15) is 14.7 Å². The molecule has 24 heavy (non-hydrogen) atoms. The molecule has 1 aromatic carbocycles. The van der Waals surface area contributed by atoms with Gasteiger partial charge in [-0.3, -0.25) is 4.79 Å². The zero-order chi connectivity index (χ0) is 17.9. The lowest BCUT2D eigenvalue weighted by molar-refractivity contribution is 0.0689. The number of aromatic carboxylic acids is 1. The summed E-state index contributed by atoms with van der Waals surface area (Å²) in [6.45, 7) is 3.67. The molecule has 1 unspecified atom stereocenters. The molecule has 0 saturated heterocycles. The Balaban J connectivity index is 2.23. The van der Waals surface area contributed by atoms with E-state index < -0.39 is 5.97 Å². The summed E-state index contributed by atoms with van der Waals surface area (Å²) >= 11 is 0. The van der Waals surface area contributed by atoms with Crippen LogP contribution in [0.25, 0.3) is 0 Å². The van der Waals surface area contributed by atoms with Crippen molar-refractivity contribution in [1.82, 2.24) is 4.90 Å². The van der Waals surface area contributed by atoms with Crippen molar-refractivity contribution in [2.24, 2.45) is 0 Å². The van der Waals surface area contributed by atoms with Crippen LogP contribution in [-0.4, -0.2) is 36.0 Å². The number of amides is 1. The summed E-state index contributed by atoms with van der Waals surface area (Å²) in [5, 5.41) is 9.17. The van der Waals surface area contributed by atoms with Crippen LogP contribution < -0.4 is 4.74 Å². The Morgan fingerprint density at radius 2 is 1.92 bits per heavy atom. The van der Waals surface area contributed by atoms with Gasteiger partial charge in [0, 0.05) is 19.5 Å². The number of carboxylic acids is 1. The zero-order valence-electron chi connectivity index (χ0n) is 14.2. The molecule has 1 aromatic heterocycles. The number of rotatable bonds is 6. The van der Waals surface area contributed by atoms with Gasteiger partial charge in [-0.1, -0.05) is 19.1 Å². The lowest BCUT2D eigenvalue weighted by Gasteiger charge is -2.24. The van der Waals surface area contributed by atoms with E-state index in [0.717, 1.165) is 11.3 Å². The Morgan fingerprint density at radius 3 is 2.38 bits per heavy atom. The lowest BCUT2D eigenvalue weighted by atomic mass is 10.1. The van der Waals surface area contributed by atoms with Crippen LogP contribution in [0.15, 0.2) is 34.7 Å². The van der Waals surface area contributed by atoms with E-state index in [-0.39, 0.29) is 23.3 Å². The number of nitrogens with zero attached hydrogens (tertiary/aromatic N) is 1. The van der Waals surface area contributed by atoms with Crippen molar-refractivity contribution in [2.75, 3.05) is 14.2 Å². The number of hydrogen-bond donors (Lipinski definition) is 1. The highest BCUT2D eigenvalue weighted by atomic mass is 16.5. The number of carboxylic acid groups (broad SMARTS) is 1. The lowest BCUT2D eigenvalue weighted by Crippen LogP contribution is -2.29. The summed E-state index contributed by atoms with van der Waals surface area (Å²) < 4.78 is 10.6. The summed E-state index contributed by atoms with van der Waals surface area (Å²) in [6.07, 6.45) is 0.409. The fourth-order valence-corrected chi connectivity index (χ4v) is 2.43. The van der Waals surface area contributed by atoms with E-state index in [1.165, 1.54) is 11.0 Å². The molecule has 0 aliphatic heterocycles. The Morgan fingerprint density at radius 1 is 1.29 bits per heavy atom. The van der Waals surface area contributed by atoms with Crippen molar-refractivity contribution in [3.8, 4) is 5.75 Å². The molecule has 0 aliphatic carbocycles. The Hall–Kier alpha value is -2.76. The first-order chi connectivity index (χ1) is 11.4. The molecule has 1 N–H and O–H groups in total. The molecule has 0 saturated carbocycles. The van der Waals surface area contributed by atoms with Gasteiger partial charge in [-0.25, -0.2) is 4.79 Å². The van der Waals surface area contributed by atoms with Crippen molar-refractivity contribution in [2.45, 2.75) is 26.3 Å². The maximum atomic E-state index is 12.6. The van der Waals surface area contributed by atoms with Crippen LogP contribution in [0, 0.1) is 0 Å². The maximum Gasteiger partial charge on any atom is 0.339 e. The average molecular weight is 331 g/mol. The summed E-state index contributed by atoms with van der Waals surface area (Å²) in [5.74, 6) is -0.380. The van der Waals surface area contributed by atoms with E-state index in [0.29, 0.717) is 12.2 Å². The Labute approximate surface area is 140 Å². The van der Waals surface area contributed by atoms with Gasteiger partial charge in [0.1, 0.15) is 17.1 Å². The minimum Gasteiger partial charge on any atom is -0.497 e. The van der Waals surface area contributed by atoms with Gasteiger partial charge >= 0.3 is 5.97 Å². The van der Waals surface area contributed by atoms with Crippen LogP contribution >= 0.6 is 0 Å². The predicted molar refractivity (Wildman–Crippen MR) is 88.5 cm³/mol. The fourth-order valence-electron chi connectivity index (χ4n) is 2.43. The summed E-state index contributed by atoms with van der Waals surface area (Å²) in [4.78, 5) is 25.3. The molecular weight excluding hydrogens is 310 g/mol. The van der Waals surface area contributed by atoms with Crippen LogP contribution in [0.5, 0.6) is 5.75 Å². The fraction of sp³-hybridized carbons (Fsp3) is 0.333. The first-order valence-electron chi connectivity index (χ1n) is 7.66. The molecule has 128 valence electrons. The second-order valence-electron chi connectivity index (χ2n) is 5.47. The van der Waals surface area contributed by atoms with E-state index in [4.69, 9.17) is 9.15 Å². The molecule has 2 rings (SSSR count). The van der Waals surface area contributed by atoms with Gasteiger partial charge in [-0.15, -0.1) is 0 Å². The highest BCUT2D eigenvalue weighted by Gasteiger charge is 2.25. The molecule has 6 heteroatoms. The summed E-state index contributed by atoms with van der Waals surface area (Å²) in [6, 6.07) is 8.52. The third-order valence-electron chi connectivity index (χ3n) is 4.07. The van der Waals surface area contributed by atoms with Crippen molar-refractivity contribution in [1.29, 1.82) is 0 Å². The maximum absolute atomic E-state index is 12.6. The van der Waals surface area contributed by atoms with Gasteiger partial charge in [0.25, 0.3) is 5.91 Å². The smallest absolute Gasteiger partial charge is 0.339 e. The first kappa shape index (κ1) is 17.6. The van der Waals surface area contributed by atoms with Gasteiger partial charge in [0.2, 0.25) is 0 Å². The highest BCUT2D eigenvalue weighted by molar-refractivity contribution is 5.96. The topological polar surface area (TPSA) is 80.0 Å². The number of carbonyl (C=O) groups excluding carboxylic acids is 1. The number of hydrogen-bond acceptors (Lipinski definition) is 4. The number of methoxy groups -OCH3 is 1. The van der Waals surface area contributed by atoms with Gasteiger partial charge in [0.05, 0.1) is 13.2 Å². The third kappa shape index (κ3) is 3.42. The Bertz CT molecular complexity index is 732. The van der Waals surface area contributed by atoms with Crippen LogP contribution in [-0.2, 0) is 6.42 Å². The van der Waals surface area contributed by atoms with Crippen molar-refractivity contribution < 1.29 is 23.8 Å². The van der Waals surface area contributed by atoms with E-state index >= 15 is 0 Å². The van der Waals surface area contributed by atoms with Crippen molar-refractivity contribution >= 4 is 11.9 Å². The normalized spacial score (nSPS) is 11.8. The van der Waals surface area contributed by atoms with Gasteiger partial charge in [-0.05, 0) is 24.6 Å². The summed E-state index contributed by atoms with van der Waals surface area (Å²) in [7, 11) is 3.25. The van der Waals surface area contributed by atoms with Crippen molar-refractivity contribution in [3.63, 3.8) is 0 Å². The summed E-state index contributed by atoms with van der Waals surface area (Å²) in [5.41, 5.74) is 0.971. The largest absolute Gasteiger partial charge is 0.497 e. The first-order valence-corrected chi connectivity index (χ1v) is 7.66. The minimum absolute atomic E-state index is 0.0337. The molecule has 0 bridgehead atoms. The SMILES string of the molecule is CCc1oc(C(=O)N(C)C(C)c2ccc(OC)cc2)cc1C(=O)O. The molecule has 0 aliphatic rings. The molecule has 0 radical (unpaired) electrons. The van der Waals surface area contributed by atoms with E-state index in [1.54, 1.807) is 21.1 Å². The second kappa shape index (κ2) is 7.21. The third-order valence-corrected chi connectivity index (χ3v) is 4.07. The minimum atomic E-state index is -1.10. The zero-order valence-corrected chi connectivity index (χ0v) is 14.2. The molecule has 1 atom stereocenters. The molecule has 0 fully saturated rings. The molecule has 1 heterocycles. The quantitative estimate of drug-likeness (QED) is 0.877. The van der Waals surface area contributed by atoms with Crippen LogP contribution in [0.4, 0.5) is 0 Å². The monoisotopic (exact) mass is 331 g/mol. The molecule has 6 nitrogen and oxygen atoms in total. The number of furan rings is 1. The van der Waals surface area contributed by atoms with E-state index in [2.05, 4.69) is 0 Å². The standard InChI is InChI=1S/C18H21NO5/c1-5-15-14(18(21)22)10-16(24-15)17(20)19(3)11(2)12-6-8-13(23-4)9-7-12/h6-11H,5H2,1-4H3,(H,21,22). The molecular formula is C18H21NO5. The number of aryl methyl sites for hydroxylation is 1. The number of benzene rings is 1. The van der Waals surface area contributed by atoms with Gasteiger partial charge in [0.15, 0.2) is 5.76 Å². The van der Waals surface area contributed by atoms with Crippen LogP contribution in [0.2, 0.25) is 0 Å². The molecule has 2 aromatic rings. The molecule has 0 spiro atoms. The van der Waals surface area contributed by atoms with E-state index in [1.807, 2.05) is 31.2 Å². The average Bonchev–Trinajstić information content (AvgIpc) is 3.04.